The molecule has 0 bridgehead atoms. The smallest absolute Gasteiger partial charge is 0.262 e. The van der Waals surface area contributed by atoms with Gasteiger partial charge in [0.1, 0.15) is 22.7 Å². The summed E-state index contributed by atoms with van der Waals surface area (Å²) in [6.07, 6.45) is 13.1. The third kappa shape index (κ3) is 6.52. The number of nitrogens with one attached hydrogen (secondary N) is 2. The summed E-state index contributed by atoms with van der Waals surface area (Å²) in [5.74, 6) is 4.69. The van der Waals surface area contributed by atoms with Crippen molar-refractivity contribution >= 4 is 53.3 Å². The van der Waals surface area contributed by atoms with Gasteiger partial charge in [-0.05, 0) is 69.5 Å². The van der Waals surface area contributed by atoms with Crippen LogP contribution in [-0.2, 0) is 9.59 Å². The maximum atomic E-state index is 13.2. The van der Waals surface area contributed by atoms with E-state index in [2.05, 4.69) is 50.7 Å². The van der Waals surface area contributed by atoms with E-state index in [4.69, 9.17) is 9.84 Å². The number of amides is 5. The van der Waals surface area contributed by atoms with E-state index in [1.54, 1.807) is 48.3 Å². The molecule has 1 saturated carbocycles. The lowest BCUT2D eigenvalue weighted by atomic mass is 9.86. The number of ether oxygens (including phenoxy) is 1. The maximum absolute atomic E-state index is 13.2. The molecule has 15 heteroatoms. The lowest BCUT2D eigenvalue weighted by Crippen LogP contribution is -2.54. The second kappa shape index (κ2) is 14.1. The summed E-state index contributed by atoms with van der Waals surface area (Å²) in [6.45, 7) is 0.532. The molecule has 2 fully saturated rings. The molecule has 2 N–H and O–H groups in total. The van der Waals surface area contributed by atoms with Gasteiger partial charge in [0, 0.05) is 47.5 Å². The Balaban J connectivity index is 0.868. The normalized spacial score (nSPS) is 21.3. The fourth-order valence-electron chi connectivity index (χ4n) is 7.44. The monoisotopic (exact) mass is 726 g/mol. The fraction of sp³-hybridized carbons (Fsp3) is 0.308. The zero-order valence-electron chi connectivity index (χ0n) is 29.6. The summed E-state index contributed by atoms with van der Waals surface area (Å²) in [7, 11) is 3.61. The Morgan fingerprint density at radius 1 is 1.09 bits per heavy atom. The van der Waals surface area contributed by atoms with Crippen LogP contribution < -0.4 is 25.9 Å². The molecule has 0 spiro atoms. The Morgan fingerprint density at radius 2 is 1.91 bits per heavy atom. The molecule has 8 rings (SSSR count). The summed E-state index contributed by atoms with van der Waals surface area (Å²) in [5.41, 5.74) is 2.39. The van der Waals surface area contributed by atoms with Crippen molar-refractivity contribution in [2.24, 2.45) is 11.0 Å². The van der Waals surface area contributed by atoms with Gasteiger partial charge in [0.2, 0.25) is 18.0 Å². The number of fused-ring (bicyclic) bond motifs is 3. The predicted molar refractivity (Wildman–Crippen MR) is 194 cm³/mol. The van der Waals surface area contributed by atoms with Gasteiger partial charge >= 0.3 is 0 Å². The van der Waals surface area contributed by atoms with Crippen LogP contribution in [-0.4, -0.2) is 97.6 Å². The maximum Gasteiger partial charge on any atom is 0.262 e. The first kappa shape index (κ1) is 34.6. The number of carbonyl (C=O) groups is 5. The molecular weight excluding hydrogens is 690 g/mol. The number of nitrogens with zero attached hydrogens (tertiary/aromatic N) is 7. The molecule has 4 aliphatic rings. The Kier molecular flexibility index (Phi) is 9.04. The summed E-state index contributed by atoms with van der Waals surface area (Å²) >= 11 is 0. The number of benzene rings is 2. The second-order valence-corrected chi connectivity index (χ2v) is 13.8. The summed E-state index contributed by atoms with van der Waals surface area (Å²) in [5, 5.41) is 15.7. The molecule has 1 unspecified atom stereocenters. The van der Waals surface area contributed by atoms with Crippen molar-refractivity contribution in [3.05, 3.63) is 87.8 Å². The molecule has 0 radical (unpaired) electrons. The average Bonchev–Trinajstić information content (AvgIpc) is 3.85. The predicted octanol–water partition coefficient (Wildman–Crippen LogP) is 1.30. The van der Waals surface area contributed by atoms with Crippen LogP contribution in [0.3, 0.4) is 0 Å². The number of piperidine rings is 1. The lowest BCUT2D eigenvalue weighted by molar-refractivity contribution is -0.424. The largest absolute Gasteiger partial charge is 0.494 e. The zero-order valence-corrected chi connectivity index (χ0v) is 29.6. The van der Waals surface area contributed by atoms with Gasteiger partial charge in [0.05, 0.1) is 41.9 Å². The first-order chi connectivity index (χ1) is 26.2. The van der Waals surface area contributed by atoms with E-state index in [0.717, 1.165) is 41.2 Å². The molecule has 15 nitrogen and oxygen atoms in total. The van der Waals surface area contributed by atoms with Crippen LogP contribution in [0.5, 0.6) is 5.75 Å². The molecule has 1 atom stereocenters. The lowest BCUT2D eigenvalue weighted by Gasteiger charge is -2.31. The highest BCUT2D eigenvalue weighted by Gasteiger charge is 2.44. The highest BCUT2D eigenvalue weighted by atomic mass is 16.5. The second-order valence-electron chi connectivity index (χ2n) is 13.8. The summed E-state index contributed by atoms with van der Waals surface area (Å²) in [4.78, 5) is 70.7. The standard InChI is InChI=1S/C39H35N9O6/c1-45(15-3-5-23-8-11-27-28(17-23)39(53)48(38(27)52)32-12-13-34(49)43-37(32)51)26-9-6-24(7-10-26)21-46-22-25-18-31(33(54-2)19-30(25)44-46)42-36(50)29-20-41-47-16-4-14-40-35(29)47/h4,8,11,14,16-22,24,26,32H,6-7,9-10,12-13,15H2,1-2H3,(H-,42,43,49,50,51)/p+1/b46-21+. The van der Waals surface area contributed by atoms with Gasteiger partial charge in [-0.25, -0.2) is 9.50 Å². The molecule has 3 aliphatic heterocycles. The number of rotatable bonds is 7. The number of imide groups is 2. The van der Waals surface area contributed by atoms with E-state index in [-0.39, 0.29) is 29.9 Å². The van der Waals surface area contributed by atoms with E-state index in [9.17, 15) is 24.0 Å². The van der Waals surface area contributed by atoms with Gasteiger partial charge in [-0.1, -0.05) is 16.5 Å². The van der Waals surface area contributed by atoms with Gasteiger partial charge < -0.3 is 10.1 Å². The van der Waals surface area contributed by atoms with E-state index in [1.165, 1.54) is 6.20 Å². The van der Waals surface area contributed by atoms with Crippen LogP contribution in [0, 0.1) is 17.8 Å². The van der Waals surface area contributed by atoms with Gasteiger partial charge in [0.15, 0.2) is 11.9 Å². The third-order valence-electron chi connectivity index (χ3n) is 10.3. The van der Waals surface area contributed by atoms with Gasteiger partial charge in [-0.2, -0.15) is 5.10 Å². The van der Waals surface area contributed by atoms with Crippen molar-refractivity contribution in [2.75, 3.05) is 26.0 Å². The van der Waals surface area contributed by atoms with E-state index >= 15 is 0 Å². The third-order valence-corrected chi connectivity index (χ3v) is 10.3. The molecule has 54 heavy (non-hydrogen) atoms. The highest BCUT2D eigenvalue weighted by molar-refractivity contribution is 6.23. The molecule has 5 heterocycles. The average molecular weight is 727 g/mol. The van der Waals surface area contributed by atoms with Crippen LogP contribution >= 0.6 is 0 Å². The van der Waals surface area contributed by atoms with Crippen LogP contribution in [0.4, 0.5) is 5.69 Å². The van der Waals surface area contributed by atoms with Crippen LogP contribution in [0.1, 0.15) is 75.2 Å². The van der Waals surface area contributed by atoms with E-state index in [1.807, 2.05) is 23.0 Å². The highest BCUT2D eigenvalue weighted by Crippen LogP contribution is 2.29. The van der Waals surface area contributed by atoms with Crippen LogP contribution in [0.25, 0.3) is 11.8 Å². The summed E-state index contributed by atoms with van der Waals surface area (Å²) < 4.78 is 8.99. The molecule has 5 amide bonds. The van der Waals surface area contributed by atoms with Crippen molar-refractivity contribution in [3.8, 4) is 17.6 Å². The van der Waals surface area contributed by atoms with E-state index in [0.29, 0.717) is 46.7 Å². The Bertz CT molecular complexity index is 2490. The molecule has 1 aliphatic carbocycles. The Labute approximate surface area is 309 Å². The topological polar surface area (TPSA) is 171 Å². The zero-order chi connectivity index (χ0) is 37.5. The molecule has 272 valence electrons. The SMILES string of the molecule is COc1cc2c(cc1NC(=O)c1cnn3cccnc13)=C/[N+](=C\C1CCC(N(C)CC#Cc3ccc4c(c3)C(=O)N(C3CCC(=O)NC3=O)C4=O)CC1)N=2. The van der Waals surface area contributed by atoms with Gasteiger partial charge in [0.25, 0.3) is 17.7 Å². The number of carbonyl (C=O) groups excluding carboxylic acids is 5. The van der Waals surface area contributed by atoms with Crippen LogP contribution in [0.2, 0.25) is 0 Å². The number of aromatic nitrogens is 3. The van der Waals surface area contributed by atoms with Crippen molar-refractivity contribution in [1.82, 2.24) is 29.7 Å². The first-order valence-electron chi connectivity index (χ1n) is 17.7. The molecule has 1 saturated heterocycles. The number of methoxy groups -OCH3 is 1. The van der Waals surface area contributed by atoms with E-state index < -0.39 is 29.7 Å². The minimum atomic E-state index is -1.00. The van der Waals surface area contributed by atoms with Crippen molar-refractivity contribution in [2.45, 2.75) is 50.6 Å². The van der Waals surface area contributed by atoms with Crippen molar-refractivity contribution < 1.29 is 33.4 Å². The number of anilines is 1. The molecule has 2 aromatic carbocycles. The fourth-order valence-corrected chi connectivity index (χ4v) is 7.44. The van der Waals surface area contributed by atoms with Gasteiger partial charge in [-0.3, -0.25) is 39.1 Å². The molecule has 2 aromatic heterocycles. The van der Waals surface area contributed by atoms with Crippen molar-refractivity contribution in [3.63, 3.8) is 0 Å². The Morgan fingerprint density at radius 3 is 2.70 bits per heavy atom. The first-order valence-corrected chi connectivity index (χ1v) is 17.7. The minimum Gasteiger partial charge on any atom is -0.494 e. The minimum absolute atomic E-state index is 0.0707. The van der Waals surface area contributed by atoms with Crippen LogP contribution in [0.15, 0.2) is 60.1 Å². The quantitative estimate of drug-likeness (QED) is 0.162. The number of hydrogen-bond donors (Lipinski definition) is 2. The Hall–Kier alpha value is -6.53. The summed E-state index contributed by atoms with van der Waals surface area (Å²) in [6, 6.07) is 9.65. The molecule has 4 aromatic rings. The molecular formula is C39H36N9O6+. The van der Waals surface area contributed by atoms with Crippen molar-refractivity contribution in [1.29, 1.82) is 0 Å². The number of hydrogen-bond acceptors (Lipinski definition) is 10. The van der Waals surface area contributed by atoms with Gasteiger partial charge in [-0.15, -0.1) is 0 Å².